The summed E-state index contributed by atoms with van der Waals surface area (Å²) in [4.78, 5) is 2.41. The molecule has 0 saturated carbocycles. The largest absolute Gasteiger partial charge is 0.310 e. The number of fused-ring (bicyclic) bond motifs is 5. The van der Waals surface area contributed by atoms with Crippen LogP contribution in [0.15, 0.2) is 231 Å². The predicted octanol–water partition coefficient (Wildman–Crippen LogP) is 15.6. The van der Waals surface area contributed by atoms with E-state index in [2.05, 4.69) is 240 Å². The molecule has 0 bridgehead atoms. The topological polar surface area (TPSA) is 8.17 Å². The van der Waals surface area contributed by atoms with Crippen LogP contribution in [-0.4, -0.2) is 4.57 Å². The van der Waals surface area contributed by atoms with Gasteiger partial charge in [0.2, 0.25) is 0 Å². The van der Waals surface area contributed by atoms with E-state index in [1.54, 1.807) is 0 Å². The maximum atomic E-state index is 2.41. The summed E-state index contributed by atoms with van der Waals surface area (Å²) in [6, 6.07) is 83.8. The van der Waals surface area contributed by atoms with Crippen LogP contribution in [0.4, 0.5) is 17.1 Å². The van der Waals surface area contributed by atoms with Crippen molar-refractivity contribution < 1.29 is 0 Å². The first-order valence-electron chi connectivity index (χ1n) is 19.9. The maximum Gasteiger partial charge on any atom is 0.0561 e. The Balaban J connectivity index is 1.06. The quantitative estimate of drug-likeness (QED) is 0.158. The summed E-state index contributed by atoms with van der Waals surface area (Å²) in [7, 11) is 0. The summed E-state index contributed by atoms with van der Waals surface area (Å²) in [5, 5.41) is 7.35. The third-order valence-electron chi connectivity index (χ3n) is 11.5. The van der Waals surface area contributed by atoms with Crippen molar-refractivity contribution >= 4 is 60.4 Å². The van der Waals surface area contributed by atoms with Gasteiger partial charge in [0.25, 0.3) is 0 Å². The van der Waals surface area contributed by atoms with E-state index in [-0.39, 0.29) is 0 Å². The van der Waals surface area contributed by atoms with Crippen molar-refractivity contribution in [2.24, 2.45) is 0 Å². The van der Waals surface area contributed by atoms with Gasteiger partial charge >= 0.3 is 0 Å². The summed E-state index contributed by atoms with van der Waals surface area (Å²) in [5.74, 6) is 0. The molecule has 0 radical (unpaired) electrons. The molecule has 0 amide bonds. The molecule has 0 fully saturated rings. The molecule has 1 heterocycles. The minimum absolute atomic E-state index is 1.10. The minimum atomic E-state index is 1.10. The molecule has 0 spiro atoms. The van der Waals surface area contributed by atoms with Crippen molar-refractivity contribution in [3.63, 3.8) is 0 Å². The van der Waals surface area contributed by atoms with Crippen molar-refractivity contribution in [1.82, 2.24) is 4.57 Å². The van der Waals surface area contributed by atoms with E-state index in [1.807, 2.05) is 0 Å². The molecule has 0 aliphatic rings. The van der Waals surface area contributed by atoms with Gasteiger partial charge in [0.15, 0.2) is 0 Å². The van der Waals surface area contributed by atoms with Crippen LogP contribution in [-0.2, 0) is 0 Å². The Labute approximate surface area is 338 Å². The van der Waals surface area contributed by atoms with Crippen LogP contribution in [0.2, 0.25) is 0 Å². The standard InChI is InChI=1S/C56H38N2/c1-4-13-39(14-5-1)42-17-12-20-50(36-42)57(52-31-32-54-53-21-10-11-22-55(53)58(56(54)38-52)49-18-8-3-9-19-49)51-30-29-41-23-24-47(35-48(41)37-51)46-28-27-44-33-43(25-26-45(44)34-46)40-15-6-2-7-16-40/h1-38H. The molecule has 0 atom stereocenters. The Hall–Kier alpha value is -7.68. The fourth-order valence-electron chi connectivity index (χ4n) is 8.64. The van der Waals surface area contributed by atoms with E-state index >= 15 is 0 Å². The van der Waals surface area contributed by atoms with Gasteiger partial charge in [-0.25, -0.2) is 0 Å². The molecular weight excluding hydrogens is 701 g/mol. The molecular formula is C56H38N2. The average Bonchev–Trinajstić information content (AvgIpc) is 3.63. The van der Waals surface area contributed by atoms with Crippen LogP contribution in [0.3, 0.4) is 0 Å². The Bertz CT molecular complexity index is 3270. The molecule has 2 nitrogen and oxygen atoms in total. The van der Waals surface area contributed by atoms with Crippen molar-refractivity contribution in [2.45, 2.75) is 0 Å². The third-order valence-corrected chi connectivity index (χ3v) is 11.5. The lowest BCUT2D eigenvalue weighted by Crippen LogP contribution is -2.10. The molecule has 0 unspecified atom stereocenters. The molecule has 272 valence electrons. The maximum absolute atomic E-state index is 2.41. The van der Waals surface area contributed by atoms with Gasteiger partial charge in [-0.15, -0.1) is 0 Å². The van der Waals surface area contributed by atoms with E-state index in [1.165, 1.54) is 76.7 Å². The molecule has 58 heavy (non-hydrogen) atoms. The summed E-state index contributed by atoms with van der Waals surface area (Å²) in [6.07, 6.45) is 0. The van der Waals surface area contributed by atoms with Gasteiger partial charge in [0.1, 0.15) is 0 Å². The molecule has 0 saturated heterocycles. The van der Waals surface area contributed by atoms with Gasteiger partial charge in [0, 0.05) is 33.5 Å². The van der Waals surface area contributed by atoms with Crippen LogP contribution in [0.5, 0.6) is 0 Å². The molecule has 11 rings (SSSR count). The number of nitrogens with zero attached hydrogens (tertiary/aromatic N) is 2. The monoisotopic (exact) mass is 738 g/mol. The summed E-state index contributed by atoms with van der Waals surface area (Å²) >= 11 is 0. The second kappa shape index (κ2) is 14.1. The zero-order valence-corrected chi connectivity index (χ0v) is 31.8. The molecule has 1 aromatic heterocycles. The first kappa shape index (κ1) is 33.6. The first-order valence-corrected chi connectivity index (χ1v) is 19.9. The van der Waals surface area contributed by atoms with E-state index in [0.29, 0.717) is 0 Å². The number of rotatable bonds is 7. The highest BCUT2D eigenvalue weighted by Gasteiger charge is 2.18. The highest BCUT2D eigenvalue weighted by atomic mass is 15.1. The second-order valence-corrected chi connectivity index (χ2v) is 15.0. The molecule has 0 aliphatic carbocycles. The fraction of sp³-hybridized carbons (Fsp3) is 0. The normalized spacial score (nSPS) is 11.4. The van der Waals surface area contributed by atoms with E-state index in [4.69, 9.17) is 0 Å². The van der Waals surface area contributed by atoms with Gasteiger partial charge < -0.3 is 9.47 Å². The summed E-state index contributed by atoms with van der Waals surface area (Å²) < 4.78 is 2.39. The van der Waals surface area contributed by atoms with Crippen LogP contribution in [0, 0.1) is 0 Å². The molecule has 11 aromatic rings. The molecule has 0 N–H and O–H groups in total. The lowest BCUT2D eigenvalue weighted by Gasteiger charge is -2.27. The van der Waals surface area contributed by atoms with Gasteiger partial charge in [-0.1, -0.05) is 158 Å². The lowest BCUT2D eigenvalue weighted by atomic mass is 9.96. The van der Waals surface area contributed by atoms with Crippen molar-refractivity contribution in [3.05, 3.63) is 231 Å². The average molecular weight is 739 g/mol. The van der Waals surface area contributed by atoms with E-state index in [9.17, 15) is 0 Å². The predicted molar refractivity (Wildman–Crippen MR) is 247 cm³/mol. The minimum Gasteiger partial charge on any atom is -0.310 e. The van der Waals surface area contributed by atoms with Crippen molar-refractivity contribution in [1.29, 1.82) is 0 Å². The molecule has 0 aliphatic heterocycles. The summed E-state index contributed by atoms with van der Waals surface area (Å²) in [5.41, 5.74) is 14.1. The van der Waals surface area contributed by atoms with E-state index < -0.39 is 0 Å². The zero-order chi connectivity index (χ0) is 38.4. The molecule has 2 heteroatoms. The van der Waals surface area contributed by atoms with Gasteiger partial charge in [-0.3, -0.25) is 0 Å². The number of hydrogen-bond donors (Lipinski definition) is 0. The van der Waals surface area contributed by atoms with Crippen LogP contribution < -0.4 is 4.90 Å². The summed E-state index contributed by atoms with van der Waals surface area (Å²) in [6.45, 7) is 0. The smallest absolute Gasteiger partial charge is 0.0561 e. The number of benzene rings is 10. The fourth-order valence-corrected chi connectivity index (χ4v) is 8.64. The van der Waals surface area contributed by atoms with Crippen LogP contribution >= 0.6 is 0 Å². The number of anilines is 3. The van der Waals surface area contributed by atoms with Crippen molar-refractivity contribution in [2.75, 3.05) is 4.90 Å². The van der Waals surface area contributed by atoms with E-state index in [0.717, 1.165) is 22.7 Å². The Morgan fingerprint density at radius 2 is 0.741 bits per heavy atom. The number of para-hydroxylation sites is 2. The third kappa shape index (κ3) is 6.00. The Morgan fingerprint density at radius 3 is 1.45 bits per heavy atom. The Morgan fingerprint density at radius 1 is 0.259 bits per heavy atom. The van der Waals surface area contributed by atoms with Gasteiger partial charge in [0.05, 0.1) is 11.0 Å². The first-order chi connectivity index (χ1) is 28.7. The van der Waals surface area contributed by atoms with Gasteiger partial charge in [-0.2, -0.15) is 0 Å². The zero-order valence-electron chi connectivity index (χ0n) is 31.8. The van der Waals surface area contributed by atoms with Crippen molar-refractivity contribution in [3.8, 4) is 39.1 Å². The highest BCUT2D eigenvalue weighted by Crippen LogP contribution is 2.42. The van der Waals surface area contributed by atoms with Gasteiger partial charge in [-0.05, 0) is 128 Å². The van der Waals surface area contributed by atoms with Crippen LogP contribution in [0.1, 0.15) is 0 Å². The highest BCUT2D eigenvalue weighted by molar-refractivity contribution is 6.10. The second-order valence-electron chi connectivity index (χ2n) is 15.0. The van der Waals surface area contributed by atoms with Crippen LogP contribution in [0.25, 0.3) is 82.4 Å². The number of aromatic nitrogens is 1. The number of hydrogen-bond acceptors (Lipinski definition) is 1. The lowest BCUT2D eigenvalue weighted by molar-refractivity contribution is 1.18. The SMILES string of the molecule is c1ccc(-c2cccc(N(c3ccc4ccc(-c5ccc6cc(-c7ccccc7)ccc6c5)cc4c3)c3ccc4c5ccccc5n(-c5ccccc5)c4c3)c2)cc1. The Kier molecular flexibility index (Phi) is 8.19. The molecule has 10 aromatic carbocycles.